The number of hydrogen-bond acceptors (Lipinski definition) is 5. The molecule has 2 heterocycles. The van der Waals surface area contributed by atoms with Gasteiger partial charge in [-0.15, -0.1) is 0 Å². The Balaban J connectivity index is 1.56. The predicted octanol–water partition coefficient (Wildman–Crippen LogP) is 4.02. The van der Waals surface area contributed by atoms with E-state index in [1.807, 2.05) is 31.2 Å². The van der Waals surface area contributed by atoms with Crippen molar-refractivity contribution in [1.29, 1.82) is 0 Å². The number of amides is 1. The molecule has 1 saturated heterocycles. The molecular weight excluding hydrogens is 371 g/mol. The summed E-state index contributed by atoms with van der Waals surface area (Å²) in [5.74, 6) is 0.425. The lowest BCUT2D eigenvalue weighted by molar-refractivity contribution is -0.120. The number of carbonyl (C=O) groups is 1. The van der Waals surface area contributed by atoms with Gasteiger partial charge in [0.25, 0.3) is 5.88 Å². The van der Waals surface area contributed by atoms with E-state index in [-0.39, 0.29) is 17.6 Å². The first kappa shape index (κ1) is 19.1. The number of nitrogens with zero attached hydrogens (tertiary/aromatic N) is 3. The molecule has 7 heteroatoms. The van der Waals surface area contributed by atoms with Crippen LogP contribution in [-0.2, 0) is 4.79 Å². The van der Waals surface area contributed by atoms with Crippen LogP contribution in [0.2, 0.25) is 0 Å². The van der Waals surface area contributed by atoms with Gasteiger partial charge in [0.15, 0.2) is 5.82 Å². The van der Waals surface area contributed by atoms with Crippen molar-refractivity contribution in [3.63, 3.8) is 0 Å². The van der Waals surface area contributed by atoms with Crippen LogP contribution in [0, 0.1) is 11.7 Å². The second kappa shape index (κ2) is 8.43. The van der Waals surface area contributed by atoms with E-state index in [1.54, 1.807) is 12.1 Å². The molecule has 1 aromatic heterocycles. The minimum absolute atomic E-state index is 0.119. The Kier molecular flexibility index (Phi) is 5.55. The molecule has 1 atom stereocenters. The van der Waals surface area contributed by atoms with Crippen molar-refractivity contribution in [2.45, 2.75) is 19.8 Å². The number of hydrogen-bond donors (Lipinski definition) is 1. The zero-order valence-corrected chi connectivity index (χ0v) is 16.3. The van der Waals surface area contributed by atoms with Crippen LogP contribution in [0.15, 0.2) is 48.5 Å². The number of anilines is 2. The van der Waals surface area contributed by atoms with E-state index in [0.29, 0.717) is 30.5 Å². The fraction of sp³-hybridized carbons (Fsp3) is 0.318. The Labute approximate surface area is 168 Å². The van der Waals surface area contributed by atoms with E-state index < -0.39 is 0 Å². The molecular formula is C22H23FN4O2. The third kappa shape index (κ3) is 4.29. The van der Waals surface area contributed by atoms with Gasteiger partial charge in [0.2, 0.25) is 5.91 Å². The lowest BCUT2D eigenvalue weighted by Gasteiger charge is -2.33. The average Bonchev–Trinajstić information content (AvgIpc) is 2.73. The lowest BCUT2D eigenvalue weighted by atomic mass is 9.97. The van der Waals surface area contributed by atoms with Crippen LogP contribution in [0.3, 0.4) is 0 Å². The molecule has 1 aliphatic heterocycles. The molecule has 6 nitrogen and oxygen atoms in total. The number of nitrogens with one attached hydrogen (secondary N) is 1. The first-order chi connectivity index (χ1) is 14.1. The van der Waals surface area contributed by atoms with Crippen molar-refractivity contribution in [1.82, 2.24) is 9.97 Å². The SMILES string of the molecule is CCOc1nc2ccccc2nc1N1CCC[C@H](C(=O)Nc2cccc(F)c2)C1. The lowest BCUT2D eigenvalue weighted by Crippen LogP contribution is -2.41. The number of para-hydroxylation sites is 2. The van der Waals surface area contributed by atoms with Gasteiger partial charge >= 0.3 is 0 Å². The maximum absolute atomic E-state index is 13.4. The second-order valence-corrected chi connectivity index (χ2v) is 7.06. The number of benzene rings is 2. The summed E-state index contributed by atoms with van der Waals surface area (Å²) in [5, 5.41) is 2.82. The Morgan fingerprint density at radius 2 is 2.00 bits per heavy atom. The molecule has 1 amide bonds. The molecule has 1 aliphatic rings. The number of fused-ring (bicyclic) bond motifs is 1. The quantitative estimate of drug-likeness (QED) is 0.708. The summed E-state index contributed by atoms with van der Waals surface area (Å²) < 4.78 is 19.1. The summed E-state index contributed by atoms with van der Waals surface area (Å²) in [6.07, 6.45) is 1.62. The standard InChI is InChI=1S/C22H23FN4O2/c1-2-29-22-20(25-18-10-3-4-11-19(18)26-22)27-12-6-7-15(14-27)21(28)24-17-9-5-8-16(23)13-17/h3-5,8-11,13,15H,2,6-7,12,14H2,1H3,(H,24,28)/t15-/m0/s1. The van der Waals surface area contributed by atoms with Crippen molar-refractivity contribution in [2.24, 2.45) is 5.92 Å². The number of rotatable bonds is 5. The summed E-state index contributed by atoms with van der Waals surface area (Å²) in [5.41, 5.74) is 2.03. The second-order valence-electron chi connectivity index (χ2n) is 7.06. The van der Waals surface area contributed by atoms with Gasteiger partial charge in [-0.3, -0.25) is 4.79 Å². The molecule has 0 radical (unpaired) electrons. The van der Waals surface area contributed by atoms with Gasteiger partial charge in [0.05, 0.1) is 23.6 Å². The molecule has 1 fully saturated rings. The fourth-order valence-corrected chi connectivity index (χ4v) is 3.61. The molecule has 0 aliphatic carbocycles. The third-order valence-corrected chi connectivity index (χ3v) is 4.99. The van der Waals surface area contributed by atoms with Crippen molar-refractivity contribution in [3.8, 4) is 5.88 Å². The minimum Gasteiger partial charge on any atom is -0.475 e. The minimum atomic E-state index is -0.374. The molecule has 1 N–H and O–H groups in total. The van der Waals surface area contributed by atoms with Gasteiger partial charge < -0.3 is 15.0 Å². The van der Waals surface area contributed by atoms with Gasteiger partial charge in [0, 0.05) is 18.8 Å². The van der Waals surface area contributed by atoms with Crippen LogP contribution >= 0.6 is 0 Å². The van der Waals surface area contributed by atoms with E-state index in [4.69, 9.17) is 9.72 Å². The number of halogens is 1. The highest BCUT2D eigenvalue weighted by Gasteiger charge is 2.29. The number of piperidine rings is 1. The van der Waals surface area contributed by atoms with Crippen LogP contribution in [-0.4, -0.2) is 35.6 Å². The maximum atomic E-state index is 13.4. The van der Waals surface area contributed by atoms with Gasteiger partial charge in [-0.25, -0.2) is 14.4 Å². The van der Waals surface area contributed by atoms with Gasteiger partial charge in [-0.2, -0.15) is 0 Å². The maximum Gasteiger partial charge on any atom is 0.258 e. The molecule has 4 rings (SSSR count). The van der Waals surface area contributed by atoms with Crippen LogP contribution in [0.4, 0.5) is 15.9 Å². The predicted molar refractivity (Wildman–Crippen MR) is 111 cm³/mol. The van der Waals surface area contributed by atoms with E-state index in [9.17, 15) is 9.18 Å². The molecule has 150 valence electrons. The summed E-state index contributed by atoms with van der Waals surface area (Å²) in [4.78, 5) is 24.2. The summed E-state index contributed by atoms with van der Waals surface area (Å²) in [6, 6.07) is 13.6. The van der Waals surface area contributed by atoms with Crippen LogP contribution in [0.5, 0.6) is 5.88 Å². The molecule has 29 heavy (non-hydrogen) atoms. The zero-order valence-electron chi connectivity index (χ0n) is 16.3. The largest absolute Gasteiger partial charge is 0.475 e. The fourth-order valence-electron chi connectivity index (χ4n) is 3.61. The highest BCUT2D eigenvalue weighted by atomic mass is 19.1. The van der Waals surface area contributed by atoms with Gasteiger partial charge in [0.1, 0.15) is 5.82 Å². The first-order valence-corrected chi connectivity index (χ1v) is 9.85. The van der Waals surface area contributed by atoms with Gasteiger partial charge in [-0.1, -0.05) is 18.2 Å². The Bertz CT molecular complexity index is 1030. The normalized spacial score (nSPS) is 16.6. The van der Waals surface area contributed by atoms with E-state index in [1.165, 1.54) is 12.1 Å². The average molecular weight is 394 g/mol. The van der Waals surface area contributed by atoms with Crippen molar-refractivity contribution in [3.05, 3.63) is 54.3 Å². The Morgan fingerprint density at radius 3 is 2.76 bits per heavy atom. The van der Waals surface area contributed by atoms with Crippen molar-refractivity contribution < 1.29 is 13.9 Å². The smallest absolute Gasteiger partial charge is 0.258 e. The molecule has 0 bridgehead atoms. The number of carbonyl (C=O) groups excluding carboxylic acids is 1. The molecule has 0 saturated carbocycles. The zero-order chi connectivity index (χ0) is 20.2. The molecule has 3 aromatic rings. The number of aromatic nitrogens is 2. The molecule has 0 unspecified atom stereocenters. The van der Waals surface area contributed by atoms with E-state index >= 15 is 0 Å². The summed E-state index contributed by atoms with van der Waals surface area (Å²) in [6.45, 7) is 3.68. The van der Waals surface area contributed by atoms with Crippen LogP contribution < -0.4 is 15.0 Å². The Morgan fingerprint density at radius 1 is 1.21 bits per heavy atom. The monoisotopic (exact) mass is 394 g/mol. The van der Waals surface area contributed by atoms with Crippen LogP contribution in [0.25, 0.3) is 11.0 Å². The highest BCUT2D eigenvalue weighted by molar-refractivity contribution is 5.93. The van der Waals surface area contributed by atoms with Crippen LogP contribution in [0.1, 0.15) is 19.8 Å². The third-order valence-electron chi connectivity index (χ3n) is 4.99. The molecule has 2 aromatic carbocycles. The Hall–Kier alpha value is -3.22. The highest BCUT2D eigenvalue weighted by Crippen LogP contribution is 2.31. The number of ether oxygens (including phenoxy) is 1. The molecule has 0 spiro atoms. The van der Waals surface area contributed by atoms with Crippen molar-refractivity contribution >= 4 is 28.4 Å². The summed E-state index contributed by atoms with van der Waals surface area (Å²) in [7, 11) is 0. The van der Waals surface area contributed by atoms with Crippen molar-refractivity contribution in [2.75, 3.05) is 29.9 Å². The van der Waals surface area contributed by atoms with Gasteiger partial charge in [-0.05, 0) is 50.1 Å². The summed E-state index contributed by atoms with van der Waals surface area (Å²) >= 11 is 0. The first-order valence-electron chi connectivity index (χ1n) is 9.85. The van der Waals surface area contributed by atoms with E-state index in [0.717, 1.165) is 30.4 Å². The topological polar surface area (TPSA) is 67.4 Å². The van der Waals surface area contributed by atoms with E-state index in [2.05, 4.69) is 15.2 Å².